The number of nitrogens with one attached hydrogen (secondary N) is 1. The molecule has 2 saturated carbocycles. The van der Waals surface area contributed by atoms with Crippen LogP contribution in [0.15, 0.2) is 66.7 Å². The first-order valence-corrected chi connectivity index (χ1v) is 13.4. The molecule has 3 aromatic carbocycles. The molecule has 3 aromatic rings. The van der Waals surface area contributed by atoms with Crippen LogP contribution in [-0.4, -0.2) is 34.3 Å². The lowest BCUT2D eigenvalue weighted by Gasteiger charge is -2.33. The van der Waals surface area contributed by atoms with Gasteiger partial charge in [-0.05, 0) is 77.1 Å². The topological polar surface area (TPSA) is 86.7 Å². The van der Waals surface area contributed by atoms with Gasteiger partial charge in [-0.15, -0.1) is 0 Å². The predicted molar refractivity (Wildman–Crippen MR) is 144 cm³/mol. The summed E-state index contributed by atoms with van der Waals surface area (Å²) in [7, 11) is 0. The molecule has 2 amide bonds. The zero-order chi connectivity index (χ0) is 26.4. The SMILES string of the molecule is CC1(C(=O)N2CCc3c(-c4cccc(C(=O)O)c4)ccc(CNC(=O)[C@@H]4C[C@@H]4c4ccccc4)c3C2)CC1. The first-order chi connectivity index (χ1) is 18.3. The molecule has 0 radical (unpaired) electrons. The summed E-state index contributed by atoms with van der Waals surface area (Å²) in [5, 5.41) is 12.7. The van der Waals surface area contributed by atoms with Crippen molar-refractivity contribution < 1.29 is 19.5 Å². The van der Waals surface area contributed by atoms with Gasteiger partial charge in [-0.3, -0.25) is 9.59 Å². The van der Waals surface area contributed by atoms with Crippen LogP contribution in [0.4, 0.5) is 0 Å². The van der Waals surface area contributed by atoms with Gasteiger partial charge in [0.05, 0.1) is 5.56 Å². The number of hydrogen-bond acceptors (Lipinski definition) is 3. The van der Waals surface area contributed by atoms with Crippen molar-refractivity contribution in [2.75, 3.05) is 6.54 Å². The number of nitrogens with zero attached hydrogens (tertiary/aromatic N) is 1. The fourth-order valence-electron chi connectivity index (χ4n) is 5.82. The van der Waals surface area contributed by atoms with Gasteiger partial charge in [0, 0.05) is 31.0 Å². The fraction of sp³-hybridized carbons (Fsp3) is 0.344. The van der Waals surface area contributed by atoms with Crippen molar-refractivity contribution >= 4 is 17.8 Å². The van der Waals surface area contributed by atoms with Crippen LogP contribution in [0.1, 0.15) is 64.7 Å². The standard InChI is InChI=1S/C32H32N2O4/c1-32(13-14-32)31(38)34-15-12-25-24(21-8-5-9-22(16-21)30(36)37)11-10-23(28(25)19-34)18-33-29(35)27-17-26(27)20-6-3-2-4-7-20/h2-11,16,26-27H,12-15,17-19H2,1H3,(H,33,35)(H,36,37)/t26-,27-/m1/s1. The molecule has 1 heterocycles. The Morgan fingerprint density at radius 3 is 2.53 bits per heavy atom. The quantitative estimate of drug-likeness (QED) is 0.462. The second-order valence-corrected chi connectivity index (χ2v) is 11.2. The van der Waals surface area contributed by atoms with Crippen LogP contribution in [0.2, 0.25) is 0 Å². The van der Waals surface area contributed by atoms with Gasteiger partial charge in [-0.25, -0.2) is 4.79 Å². The van der Waals surface area contributed by atoms with Crippen molar-refractivity contribution in [3.05, 3.63) is 94.5 Å². The zero-order valence-corrected chi connectivity index (χ0v) is 21.6. The highest BCUT2D eigenvalue weighted by atomic mass is 16.4. The number of rotatable bonds is 7. The summed E-state index contributed by atoms with van der Waals surface area (Å²) in [6.45, 7) is 3.60. The molecule has 2 aliphatic carbocycles. The van der Waals surface area contributed by atoms with E-state index in [1.807, 2.05) is 48.2 Å². The summed E-state index contributed by atoms with van der Waals surface area (Å²) in [5.41, 5.74) is 6.30. The number of benzene rings is 3. The van der Waals surface area contributed by atoms with E-state index in [-0.39, 0.29) is 34.6 Å². The normalized spacial score (nSPS) is 20.8. The molecule has 3 aliphatic rings. The summed E-state index contributed by atoms with van der Waals surface area (Å²) in [4.78, 5) is 39.8. The number of amides is 2. The largest absolute Gasteiger partial charge is 0.478 e. The number of hydrogen-bond donors (Lipinski definition) is 2. The molecule has 0 spiro atoms. The molecule has 38 heavy (non-hydrogen) atoms. The van der Waals surface area contributed by atoms with Gasteiger partial charge < -0.3 is 15.3 Å². The number of carbonyl (C=O) groups excluding carboxylic acids is 2. The Labute approximate surface area is 222 Å². The summed E-state index contributed by atoms with van der Waals surface area (Å²) >= 11 is 0. The molecule has 1 aliphatic heterocycles. The number of carbonyl (C=O) groups is 3. The van der Waals surface area contributed by atoms with E-state index in [9.17, 15) is 19.5 Å². The molecule has 0 bridgehead atoms. The van der Waals surface area contributed by atoms with Crippen molar-refractivity contribution in [2.45, 2.75) is 51.6 Å². The Bertz CT molecular complexity index is 1430. The van der Waals surface area contributed by atoms with Crippen LogP contribution >= 0.6 is 0 Å². The van der Waals surface area contributed by atoms with Gasteiger partial charge in [0.2, 0.25) is 11.8 Å². The van der Waals surface area contributed by atoms with Crippen LogP contribution in [-0.2, 0) is 29.1 Å². The zero-order valence-electron chi connectivity index (χ0n) is 21.6. The minimum Gasteiger partial charge on any atom is -0.478 e. The molecule has 2 fully saturated rings. The maximum atomic E-state index is 13.2. The van der Waals surface area contributed by atoms with E-state index in [0.29, 0.717) is 26.1 Å². The minimum absolute atomic E-state index is 0.000787. The molecule has 194 valence electrons. The maximum absolute atomic E-state index is 13.2. The molecule has 0 aromatic heterocycles. The summed E-state index contributed by atoms with van der Waals surface area (Å²) in [5.74, 6) is -0.399. The molecule has 6 heteroatoms. The van der Waals surface area contributed by atoms with Crippen LogP contribution in [0.25, 0.3) is 11.1 Å². The first kappa shape index (κ1) is 24.4. The lowest BCUT2D eigenvalue weighted by molar-refractivity contribution is -0.137. The number of carboxylic acids is 1. The third kappa shape index (κ3) is 4.60. The molecule has 2 atom stereocenters. The Hall–Kier alpha value is -3.93. The Morgan fingerprint density at radius 2 is 1.79 bits per heavy atom. The van der Waals surface area contributed by atoms with Gasteiger partial charge in [0.15, 0.2) is 0 Å². The van der Waals surface area contributed by atoms with E-state index in [4.69, 9.17) is 0 Å². The Kier molecular flexibility index (Phi) is 6.05. The molecule has 6 rings (SSSR count). The monoisotopic (exact) mass is 508 g/mol. The fourth-order valence-corrected chi connectivity index (χ4v) is 5.82. The lowest BCUT2D eigenvalue weighted by Crippen LogP contribution is -2.40. The average molecular weight is 509 g/mol. The number of aromatic carboxylic acids is 1. The van der Waals surface area contributed by atoms with Crippen LogP contribution in [0, 0.1) is 11.3 Å². The van der Waals surface area contributed by atoms with Crippen LogP contribution < -0.4 is 5.32 Å². The Morgan fingerprint density at radius 1 is 1.00 bits per heavy atom. The third-order valence-electron chi connectivity index (χ3n) is 8.54. The van der Waals surface area contributed by atoms with Crippen LogP contribution in [0.5, 0.6) is 0 Å². The highest BCUT2D eigenvalue weighted by Gasteiger charge is 2.48. The second-order valence-electron chi connectivity index (χ2n) is 11.2. The lowest BCUT2D eigenvalue weighted by atomic mass is 9.86. The molecule has 0 unspecified atom stereocenters. The number of fused-ring (bicyclic) bond motifs is 1. The van der Waals surface area contributed by atoms with Gasteiger partial charge in [0.1, 0.15) is 0 Å². The van der Waals surface area contributed by atoms with Crippen LogP contribution in [0.3, 0.4) is 0 Å². The van der Waals surface area contributed by atoms with E-state index in [0.717, 1.165) is 47.1 Å². The van der Waals surface area contributed by atoms with Crippen molar-refractivity contribution in [3.63, 3.8) is 0 Å². The first-order valence-electron chi connectivity index (χ1n) is 13.4. The van der Waals surface area contributed by atoms with E-state index in [1.54, 1.807) is 18.2 Å². The molecule has 6 nitrogen and oxygen atoms in total. The highest BCUT2D eigenvalue weighted by molar-refractivity contribution is 5.90. The van der Waals surface area contributed by atoms with E-state index in [1.165, 1.54) is 5.56 Å². The second kappa shape index (κ2) is 9.43. The smallest absolute Gasteiger partial charge is 0.335 e. The van der Waals surface area contributed by atoms with Crippen molar-refractivity contribution in [2.24, 2.45) is 11.3 Å². The number of carboxylic acid groups (broad SMARTS) is 1. The van der Waals surface area contributed by atoms with Gasteiger partial charge in [-0.1, -0.05) is 61.5 Å². The summed E-state index contributed by atoms with van der Waals surface area (Å²) < 4.78 is 0. The maximum Gasteiger partial charge on any atom is 0.335 e. The summed E-state index contributed by atoms with van der Waals surface area (Å²) in [6, 6.07) is 21.2. The molecule has 0 saturated heterocycles. The molecule has 2 N–H and O–H groups in total. The highest BCUT2D eigenvalue weighted by Crippen LogP contribution is 2.48. The van der Waals surface area contributed by atoms with Gasteiger partial charge >= 0.3 is 5.97 Å². The molecular weight excluding hydrogens is 476 g/mol. The molecular formula is C32H32N2O4. The van der Waals surface area contributed by atoms with Crippen molar-refractivity contribution in [1.82, 2.24) is 10.2 Å². The van der Waals surface area contributed by atoms with Crippen molar-refractivity contribution in [1.29, 1.82) is 0 Å². The Balaban J connectivity index is 1.26. The van der Waals surface area contributed by atoms with Crippen molar-refractivity contribution in [3.8, 4) is 11.1 Å². The third-order valence-corrected chi connectivity index (χ3v) is 8.54. The van der Waals surface area contributed by atoms with E-state index < -0.39 is 5.97 Å². The van der Waals surface area contributed by atoms with Gasteiger partial charge in [-0.2, -0.15) is 0 Å². The predicted octanol–water partition coefficient (Wildman–Crippen LogP) is 5.16. The average Bonchev–Trinajstić information content (AvgIpc) is 3.88. The minimum atomic E-state index is -0.955. The van der Waals surface area contributed by atoms with E-state index in [2.05, 4.69) is 17.4 Å². The van der Waals surface area contributed by atoms with E-state index >= 15 is 0 Å². The summed E-state index contributed by atoms with van der Waals surface area (Å²) in [6.07, 6.45) is 3.44. The van der Waals surface area contributed by atoms with Gasteiger partial charge in [0.25, 0.3) is 0 Å².